The van der Waals surface area contributed by atoms with E-state index >= 15 is 0 Å². The second-order valence-corrected chi connectivity index (χ2v) is 9.27. The molecular weight excluding hydrogens is 344 g/mol. The second kappa shape index (κ2) is 5.02. The summed E-state index contributed by atoms with van der Waals surface area (Å²) in [4.78, 5) is 19.5. The van der Waals surface area contributed by atoms with Crippen molar-refractivity contribution in [2.24, 2.45) is 5.92 Å². The number of benzene rings is 2. The van der Waals surface area contributed by atoms with Crippen LogP contribution in [0.3, 0.4) is 0 Å². The molecule has 2 atom stereocenters. The minimum absolute atomic E-state index is 0.0109. The molecule has 142 valence electrons. The van der Waals surface area contributed by atoms with Crippen molar-refractivity contribution in [3.05, 3.63) is 59.3 Å². The van der Waals surface area contributed by atoms with Gasteiger partial charge in [-0.3, -0.25) is 9.78 Å². The Morgan fingerprint density at radius 1 is 1.18 bits per heavy atom. The maximum Gasteiger partial charge on any atom is 0.236 e. The predicted octanol–water partition coefficient (Wildman–Crippen LogP) is 5.41. The van der Waals surface area contributed by atoms with E-state index in [1.54, 1.807) is 4.90 Å². The summed E-state index contributed by atoms with van der Waals surface area (Å²) in [5.41, 5.74) is 6.26. The third-order valence-corrected chi connectivity index (χ3v) is 7.54. The fourth-order valence-corrected chi connectivity index (χ4v) is 5.39. The molecule has 2 heterocycles. The predicted molar refractivity (Wildman–Crippen MR) is 116 cm³/mol. The van der Waals surface area contributed by atoms with Gasteiger partial charge in [-0.2, -0.15) is 0 Å². The number of allylic oxidation sites excluding steroid dienone is 1. The average Bonchev–Trinajstić information content (AvgIpc) is 3.09. The van der Waals surface area contributed by atoms with Crippen LogP contribution in [0.2, 0.25) is 0 Å². The van der Waals surface area contributed by atoms with Crippen molar-refractivity contribution < 1.29 is 4.79 Å². The van der Waals surface area contributed by atoms with Crippen LogP contribution >= 0.6 is 0 Å². The molecule has 1 saturated carbocycles. The molecule has 1 aliphatic heterocycles. The molecule has 3 aromatic rings. The van der Waals surface area contributed by atoms with Crippen LogP contribution in [-0.2, 0) is 15.6 Å². The van der Waals surface area contributed by atoms with Crippen LogP contribution in [0.15, 0.2) is 42.6 Å². The number of likely N-dealkylation sites (N-methyl/N-ethyl adjacent to an activating group) is 1. The highest BCUT2D eigenvalue weighted by Crippen LogP contribution is 2.60. The summed E-state index contributed by atoms with van der Waals surface area (Å²) in [6.07, 6.45) is 1.88. The van der Waals surface area contributed by atoms with Crippen LogP contribution in [0.4, 0.5) is 5.69 Å². The molecule has 2 aliphatic rings. The number of carbonyl (C=O) groups excluding carboxylic acids is 1. The molecule has 2 aromatic carbocycles. The van der Waals surface area contributed by atoms with E-state index in [1.165, 1.54) is 27.5 Å². The number of hydrogen-bond donors (Lipinski definition) is 0. The first-order chi connectivity index (χ1) is 13.1. The fourth-order valence-electron chi connectivity index (χ4n) is 5.39. The first-order valence-electron chi connectivity index (χ1n) is 9.95. The number of fused-ring (bicyclic) bond motifs is 5. The Bertz CT molecular complexity index is 1240. The lowest BCUT2D eigenvalue weighted by Crippen LogP contribution is -2.33. The standard InChI is InChI=1S/C25H26N2O/c1-13-11-17-21-19(27(7)23(28)24(21,4)5)12-26-22(17)20-16(13)9-8-10-18(20)25(6)14(2)15(25)3/h8-12,15H,2H2,1,3-7H3. The molecule has 0 saturated heterocycles. The van der Waals surface area contributed by atoms with Crippen LogP contribution < -0.4 is 4.90 Å². The SMILES string of the molecule is C=C1C(C)C1(C)c1cccc2c(C)cc3c4c(cnc3c12)N(C)C(=O)C4(C)C. The number of aryl methyl sites for hydroxylation is 1. The fraction of sp³-hybridized carbons (Fsp3) is 0.360. The highest BCUT2D eigenvalue weighted by atomic mass is 16.2. The topological polar surface area (TPSA) is 33.2 Å². The molecule has 3 nitrogen and oxygen atoms in total. The number of nitrogens with zero attached hydrogens (tertiary/aromatic N) is 2. The molecule has 0 N–H and O–H groups in total. The highest BCUT2D eigenvalue weighted by Gasteiger charge is 2.53. The van der Waals surface area contributed by atoms with Gasteiger partial charge in [0.2, 0.25) is 5.91 Å². The molecule has 0 spiro atoms. The van der Waals surface area contributed by atoms with E-state index in [0.29, 0.717) is 5.92 Å². The molecule has 28 heavy (non-hydrogen) atoms. The van der Waals surface area contributed by atoms with Crippen LogP contribution in [0.1, 0.15) is 44.4 Å². The van der Waals surface area contributed by atoms with E-state index < -0.39 is 5.41 Å². The Kier molecular flexibility index (Phi) is 3.12. The van der Waals surface area contributed by atoms with Crippen LogP contribution in [-0.4, -0.2) is 17.9 Å². The van der Waals surface area contributed by atoms with Gasteiger partial charge in [0.05, 0.1) is 22.8 Å². The molecular formula is C25H26N2O. The summed E-state index contributed by atoms with van der Waals surface area (Å²) in [7, 11) is 1.85. The van der Waals surface area contributed by atoms with Crippen molar-refractivity contribution in [1.82, 2.24) is 4.98 Å². The maximum atomic E-state index is 12.9. The number of pyridine rings is 1. The molecule has 2 unspecified atom stereocenters. The number of amides is 1. The number of anilines is 1. The van der Waals surface area contributed by atoms with Gasteiger partial charge >= 0.3 is 0 Å². The van der Waals surface area contributed by atoms with E-state index in [2.05, 4.69) is 51.6 Å². The van der Waals surface area contributed by atoms with E-state index in [9.17, 15) is 4.79 Å². The quantitative estimate of drug-likeness (QED) is 0.424. The van der Waals surface area contributed by atoms with E-state index in [1.807, 2.05) is 27.1 Å². The summed E-state index contributed by atoms with van der Waals surface area (Å²) in [5.74, 6) is 0.589. The first kappa shape index (κ1) is 17.4. The first-order valence-corrected chi connectivity index (χ1v) is 9.95. The van der Waals surface area contributed by atoms with E-state index in [4.69, 9.17) is 4.98 Å². The third-order valence-electron chi connectivity index (χ3n) is 7.54. The van der Waals surface area contributed by atoms with Crippen molar-refractivity contribution in [3.8, 4) is 0 Å². The van der Waals surface area contributed by atoms with Gasteiger partial charge in [-0.15, -0.1) is 0 Å². The summed E-state index contributed by atoms with van der Waals surface area (Å²) in [5, 5.41) is 3.55. The minimum Gasteiger partial charge on any atom is -0.313 e. The lowest BCUT2D eigenvalue weighted by molar-refractivity contribution is -0.121. The zero-order valence-electron chi connectivity index (χ0n) is 17.5. The molecule has 0 bridgehead atoms. The summed E-state index contributed by atoms with van der Waals surface area (Å²) < 4.78 is 0. The minimum atomic E-state index is -0.555. The van der Waals surface area contributed by atoms with Crippen LogP contribution in [0.5, 0.6) is 0 Å². The maximum absolute atomic E-state index is 12.9. The van der Waals surface area contributed by atoms with Crippen molar-refractivity contribution in [1.29, 1.82) is 0 Å². The summed E-state index contributed by atoms with van der Waals surface area (Å²) in [6, 6.07) is 8.78. The largest absolute Gasteiger partial charge is 0.313 e. The molecule has 5 rings (SSSR count). The Balaban J connectivity index is 1.97. The van der Waals surface area contributed by atoms with Crippen molar-refractivity contribution in [3.63, 3.8) is 0 Å². The van der Waals surface area contributed by atoms with Gasteiger partial charge in [-0.1, -0.05) is 44.2 Å². The third kappa shape index (κ3) is 1.80. The second-order valence-electron chi connectivity index (χ2n) is 9.27. The van der Waals surface area contributed by atoms with E-state index in [0.717, 1.165) is 22.2 Å². The van der Waals surface area contributed by atoms with Gasteiger partial charge in [0.15, 0.2) is 0 Å². The normalized spacial score (nSPS) is 25.6. The Morgan fingerprint density at radius 2 is 1.86 bits per heavy atom. The molecule has 3 heteroatoms. The van der Waals surface area contributed by atoms with Gasteiger partial charge < -0.3 is 4.90 Å². The average molecular weight is 370 g/mol. The van der Waals surface area contributed by atoms with Crippen LogP contribution in [0, 0.1) is 12.8 Å². The number of aromatic nitrogens is 1. The number of hydrogen-bond acceptors (Lipinski definition) is 2. The van der Waals surface area contributed by atoms with Gasteiger partial charge in [-0.25, -0.2) is 0 Å². The van der Waals surface area contributed by atoms with Crippen molar-refractivity contribution >= 4 is 33.3 Å². The van der Waals surface area contributed by atoms with Gasteiger partial charge in [-0.05, 0) is 49.3 Å². The molecule has 1 fully saturated rings. The highest BCUT2D eigenvalue weighted by molar-refractivity contribution is 6.17. The van der Waals surface area contributed by atoms with Gasteiger partial charge in [0, 0.05) is 28.8 Å². The molecule has 1 aromatic heterocycles. The monoisotopic (exact) mass is 370 g/mol. The molecule has 1 aliphatic carbocycles. The number of rotatable bonds is 1. The smallest absolute Gasteiger partial charge is 0.236 e. The zero-order chi connectivity index (χ0) is 20.2. The Labute approximate surface area is 166 Å². The van der Waals surface area contributed by atoms with Crippen molar-refractivity contribution in [2.45, 2.75) is 45.4 Å². The Hall–Kier alpha value is -2.68. The summed E-state index contributed by atoms with van der Waals surface area (Å²) in [6.45, 7) is 15.1. The molecule has 0 radical (unpaired) electrons. The van der Waals surface area contributed by atoms with Crippen LogP contribution in [0.25, 0.3) is 21.7 Å². The van der Waals surface area contributed by atoms with Gasteiger partial charge in [0.1, 0.15) is 0 Å². The van der Waals surface area contributed by atoms with Gasteiger partial charge in [0.25, 0.3) is 0 Å². The number of carbonyl (C=O) groups is 1. The lowest BCUT2D eigenvalue weighted by Gasteiger charge is -2.21. The zero-order valence-corrected chi connectivity index (χ0v) is 17.5. The lowest BCUT2D eigenvalue weighted by atomic mass is 9.81. The molecule has 1 amide bonds. The van der Waals surface area contributed by atoms with E-state index in [-0.39, 0.29) is 11.3 Å². The summed E-state index contributed by atoms with van der Waals surface area (Å²) >= 11 is 0. The Morgan fingerprint density at radius 3 is 2.50 bits per heavy atom. The van der Waals surface area contributed by atoms with Crippen molar-refractivity contribution in [2.75, 3.05) is 11.9 Å².